The fraction of sp³-hybridized carbons (Fsp3) is 0.238. The Morgan fingerprint density at radius 1 is 1.12 bits per heavy atom. The number of Topliss-reactive ketones (excluding diaryl/α,β-unsaturated/α-hetero) is 1. The third-order valence-corrected chi connectivity index (χ3v) is 4.27. The largest absolute Gasteiger partial charge is 0.454 e. The normalized spacial score (nSPS) is 11.6. The molecule has 0 aliphatic rings. The zero-order valence-corrected chi connectivity index (χ0v) is 16.5. The molecule has 0 aliphatic carbocycles. The first kappa shape index (κ1) is 20.0. The molecule has 0 unspecified atom stereocenters. The molecule has 0 radical (unpaired) electrons. The van der Waals surface area contributed by atoms with Crippen LogP contribution in [0.25, 0.3) is 6.08 Å². The van der Waals surface area contributed by atoms with Crippen LogP contribution in [-0.2, 0) is 14.9 Å². The van der Waals surface area contributed by atoms with E-state index in [9.17, 15) is 14.0 Å². The van der Waals surface area contributed by atoms with E-state index >= 15 is 0 Å². The van der Waals surface area contributed by atoms with Crippen molar-refractivity contribution in [3.8, 4) is 0 Å². The molecule has 0 fully saturated rings. The highest BCUT2D eigenvalue weighted by Crippen LogP contribution is 2.22. The second kappa shape index (κ2) is 8.41. The summed E-state index contributed by atoms with van der Waals surface area (Å²) in [6.45, 7) is 5.91. The first-order valence-corrected chi connectivity index (χ1v) is 8.90. The maximum Gasteiger partial charge on any atom is 0.331 e. The van der Waals surface area contributed by atoms with Crippen LogP contribution in [0, 0.1) is 5.82 Å². The van der Waals surface area contributed by atoms with Gasteiger partial charge in [-0.15, -0.1) is 0 Å². The molecule has 0 aromatic heterocycles. The monoisotopic (exact) mass is 418 g/mol. The van der Waals surface area contributed by atoms with Crippen molar-refractivity contribution < 1.29 is 18.7 Å². The van der Waals surface area contributed by atoms with Crippen molar-refractivity contribution in [2.24, 2.45) is 0 Å². The summed E-state index contributed by atoms with van der Waals surface area (Å²) in [5.74, 6) is -1.45. The topological polar surface area (TPSA) is 43.4 Å². The summed E-state index contributed by atoms with van der Waals surface area (Å²) in [6.07, 6.45) is 2.41. The van der Waals surface area contributed by atoms with Crippen LogP contribution >= 0.6 is 15.9 Å². The number of esters is 1. The van der Waals surface area contributed by atoms with Gasteiger partial charge in [0.25, 0.3) is 0 Å². The van der Waals surface area contributed by atoms with Gasteiger partial charge in [-0.05, 0) is 35.3 Å². The number of carbonyl (C=O) groups excluding carboxylic acids is 2. The Balaban J connectivity index is 1.93. The minimum absolute atomic E-state index is 0.000540. The average Bonchev–Trinajstić information content (AvgIpc) is 2.59. The second-order valence-corrected chi connectivity index (χ2v) is 7.77. The first-order valence-electron chi connectivity index (χ1n) is 8.10. The lowest BCUT2D eigenvalue weighted by Gasteiger charge is -2.18. The third-order valence-electron chi connectivity index (χ3n) is 3.78. The number of ketones is 1. The highest BCUT2D eigenvalue weighted by atomic mass is 79.9. The van der Waals surface area contributed by atoms with Gasteiger partial charge in [-0.1, -0.05) is 61.0 Å². The van der Waals surface area contributed by atoms with Gasteiger partial charge in [-0.2, -0.15) is 0 Å². The number of halogens is 2. The number of ether oxygens (including phenoxy) is 1. The van der Waals surface area contributed by atoms with Crippen molar-refractivity contribution in [3.05, 3.63) is 75.5 Å². The molecule has 0 amide bonds. The van der Waals surface area contributed by atoms with E-state index in [1.807, 2.05) is 12.1 Å². The van der Waals surface area contributed by atoms with E-state index in [1.165, 1.54) is 12.1 Å². The summed E-state index contributed by atoms with van der Waals surface area (Å²) in [4.78, 5) is 23.9. The molecule has 0 saturated heterocycles. The molecule has 0 atom stereocenters. The third kappa shape index (κ3) is 5.63. The van der Waals surface area contributed by atoms with Crippen LogP contribution in [0.3, 0.4) is 0 Å². The van der Waals surface area contributed by atoms with Crippen molar-refractivity contribution in [1.82, 2.24) is 0 Å². The van der Waals surface area contributed by atoms with Crippen molar-refractivity contribution in [1.29, 1.82) is 0 Å². The lowest BCUT2D eigenvalue weighted by molar-refractivity contribution is -0.136. The predicted molar refractivity (Wildman–Crippen MR) is 104 cm³/mol. The van der Waals surface area contributed by atoms with Gasteiger partial charge in [0.1, 0.15) is 5.82 Å². The molecule has 5 heteroatoms. The van der Waals surface area contributed by atoms with E-state index in [0.717, 1.165) is 11.6 Å². The van der Waals surface area contributed by atoms with E-state index < -0.39 is 11.8 Å². The molecule has 0 heterocycles. The summed E-state index contributed by atoms with van der Waals surface area (Å²) < 4.78 is 19.2. The number of carbonyl (C=O) groups is 2. The van der Waals surface area contributed by atoms with Crippen LogP contribution in [-0.4, -0.2) is 18.4 Å². The van der Waals surface area contributed by atoms with Crippen molar-refractivity contribution in [2.45, 2.75) is 26.2 Å². The zero-order chi connectivity index (χ0) is 19.3. The molecule has 0 saturated carbocycles. The van der Waals surface area contributed by atoms with Crippen LogP contribution in [0.2, 0.25) is 0 Å². The number of rotatable bonds is 5. The Bertz CT molecular complexity index is 833. The van der Waals surface area contributed by atoms with Crippen LogP contribution in [0.4, 0.5) is 4.39 Å². The summed E-state index contributed by atoms with van der Waals surface area (Å²) in [5, 5.41) is 0. The van der Waals surface area contributed by atoms with Gasteiger partial charge in [-0.25, -0.2) is 9.18 Å². The van der Waals surface area contributed by atoms with Gasteiger partial charge in [0.05, 0.1) is 0 Å². The highest BCUT2D eigenvalue weighted by molar-refractivity contribution is 9.10. The Labute approximate surface area is 161 Å². The summed E-state index contributed by atoms with van der Waals surface area (Å²) >= 11 is 3.23. The van der Waals surface area contributed by atoms with Gasteiger partial charge in [0, 0.05) is 21.7 Å². The Kier molecular flexibility index (Phi) is 6.48. The fourth-order valence-electron chi connectivity index (χ4n) is 2.22. The molecule has 2 aromatic rings. The standard InChI is InChI=1S/C21H20BrFO3/c1-21(2,3)16-7-4-14(5-8-16)19(24)13-26-20(25)11-6-15-12-17(22)9-10-18(15)23/h4-12H,13H2,1-3H3/b11-6+. The van der Waals surface area contributed by atoms with Gasteiger partial charge in [0.2, 0.25) is 0 Å². The maximum atomic E-state index is 13.6. The molecule has 0 bridgehead atoms. The van der Waals surface area contributed by atoms with Gasteiger partial charge < -0.3 is 4.74 Å². The predicted octanol–water partition coefficient (Wildman–Crippen LogP) is 5.33. The Morgan fingerprint density at radius 2 is 1.77 bits per heavy atom. The molecule has 26 heavy (non-hydrogen) atoms. The summed E-state index contributed by atoms with van der Waals surface area (Å²) in [6, 6.07) is 11.6. The van der Waals surface area contributed by atoms with Crippen molar-refractivity contribution in [2.75, 3.05) is 6.61 Å². The second-order valence-electron chi connectivity index (χ2n) is 6.86. The van der Waals surface area contributed by atoms with Crippen LogP contribution in [0.15, 0.2) is 53.0 Å². The zero-order valence-electron chi connectivity index (χ0n) is 14.9. The Morgan fingerprint density at radius 3 is 2.38 bits per heavy atom. The van der Waals surface area contributed by atoms with E-state index in [1.54, 1.807) is 24.3 Å². The summed E-state index contributed by atoms with van der Waals surface area (Å²) in [7, 11) is 0. The Hall–Kier alpha value is -2.27. The fourth-order valence-corrected chi connectivity index (χ4v) is 2.60. The smallest absolute Gasteiger partial charge is 0.331 e. The molecule has 0 aliphatic heterocycles. The van der Waals surface area contributed by atoms with Gasteiger partial charge in [-0.3, -0.25) is 4.79 Å². The van der Waals surface area contributed by atoms with E-state index in [2.05, 4.69) is 36.7 Å². The van der Waals surface area contributed by atoms with Crippen molar-refractivity contribution in [3.63, 3.8) is 0 Å². The summed E-state index contributed by atoms with van der Waals surface area (Å²) in [5.41, 5.74) is 1.85. The van der Waals surface area contributed by atoms with Crippen molar-refractivity contribution >= 4 is 33.8 Å². The van der Waals surface area contributed by atoms with E-state index in [4.69, 9.17) is 4.74 Å². The number of hydrogen-bond donors (Lipinski definition) is 0. The molecule has 3 nitrogen and oxygen atoms in total. The molecular formula is C21H20BrFO3. The molecule has 0 N–H and O–H groups in total. The maximum absolute atomic E-state index is 13.6. The van der Waals surface area contributed by atoms with E-state index in [0.29, 0.717) is 10.0 Å². The number of benzene rings is 2. The average molecular weight is 419 g/mol. The SMILES string of the molecule is CC(C)(C)c1ccc(C(=O)COC(=O)/C=C/c2cc(Br)ccc2F)cc1. The highest BCUT2D eigenvalue weighted by Gasteiger charge is 2.15. The molecule has 136 valence electrons. The van der Waals surface area contributed by atoms with Crippen LogP contribution < -0.4 is 0 Å². The number of hydrogen-bond acceptors (Lipinski definition) is 3. The van der Waals surface area contributed by atoms with Crippen LogP contribution in [0.5, 0.6) is 0 Å². The molecule has 2 aromatic carbocycles. The molecule has 2 rings (SSSR count). The molecular weight excluding hydrogens is 399 g/mol. The lowest BCUT2D eigenvalue weighted by Crippen LogP contribution is -2.14. The first-order chi connectivity index (χ1) is 12.2. The van der Waals surface area contributed by atoms with E-state index in [-0.39, 0.29) is 23.4 Å². The molecule has 0 spiro atoms. The van der Waals surface area contributed by atoms with Gasteiger partial charge in [0.15, 0.2) is 12.4 Å². The quantitative estimate of drug-likeness (QED) is 0.374. The minimum atomic E-state index is -0.705. The van der Waals surface area contributed by atoms with Crippen LogP contribution in [0.1, 0.15) is 42.3 Å². The van der Waals surface area contributed by atoms with Gasteiger partial charge >= 0.3 is 5.97 Å². The minimum Gasteiger partial charge on any atom is -0.454 e. The lowest BCUT2D eigenvalue weighted by atomic mass is 9.86.